The first kappa shape index (κ1) is 15.2. The fraction of sp³-hybridized carbons (Fsp3) is 0.0714. The zero-order valence-corrected chi connectivity index (χ0v) is 11.1. The van der Waals surface area contributed by atoms with E-state index in [0.29, 0.717) is 11.1 Å². The maximum absolute atomic E-state index is 12.1. The second-order valence-electron chi connectivity index (χ2n) is 4.04. The molecule has 2 rings (SSSR count). The molecule has 110 valence electrons. The van der Waals surface area contributed by atoms with Gasteiger partial charge in [0, 0.05) is 0 Å². The minimum Gasteiger partial charge on any atom is -0.478 e. The van der Waals surface area contributed by atoms with E-state index in [4.69, 9.17) is 16.7 Å². The molecule has 0 aliphatic rings. The third-order valence-corrected chi connectivity index (χ3v) is 2.94. The average Bonchev–Trinajstić information content (AvgIpc) is 2.37. The number of hydrogen-bond donors (Lipinski definition) is 1. The van der Waals surface area contributed by atoms with Gasteiger partial charge >= 0.3 is 12.3 Å². The molecule has 2 aromatic rings. The number of carboxylic acid groups (broad SMARTS) is 1. The first-order valence-electron chi connectivity index (χ1n) is 5.66. The van der Waals surface area contributed by atoms with Gasteiger partial charge in [0.15, 0.2) is 0 Å². The Morgan fingerprint density at radius 3 is 2.24 bits per heavy atom. The first-order valence-corrected chi connectivity index (χ1v) is 6.04. The van der Waals surface area contributed by atoms with Gasteiger partial charge in [0.25, 0.3) is 0 Å². The molecule has 0 atom stereocenters. The Bertz CT molecular complexity index is 666. The number of ether oxygens (including phenoxy) is 1. The lowest BCUT2D eigenvalue weighted by Crippen LogP contribution is -2.16. The van der Waals surface area contributed by atoms with E-state index in [1.54, 1.807) is 6.07 Å². The van der Waals surface area contributed by atoms with Crippen LogP contribution in [0.3, 0.4) is 0 Å². The zero-order valence-electron chi connectivity index (χ0n) is 10.3. The van der Waals surface area contributed by atoms with Gasteiger partial charge < -0.3 is 9.84 Å². The number of hydrogen-bond acceptors (Lipinski definition) is 2. The van der Waals surface area contributed by atoms with Gasteiger partial charge in [-0.3, -0.25) is 0 Å². The van der Waals surface area contributed by atoms with E-state index in [1.807, 2.05) is 0 Å². The van der Waals surface area contributed by atoms with Crippen LogP contribution in [-0.2, 0) is 0 Å². The van der Waals surface area contributed by atoms with Crippen molar-refractivity contribution in [1.82, 2.24) is 0 Å². The van der Waals surface area contributed by atoms with E-state index < -0.39 is 12.3 Å². The highest BCUT2D eigenvalue weighted by molar-refractivity contribution is 6.34. The number of carboxylic acids is 1. The van der Waals surface area contributed by atoms with Crippen molar-refractivity contribution in [3.8, 4) is 16.9 Å². The number of alkyl halides is 3. The van der Waals surface area contributed by atoms with Crippen LogP contribution in [-0.4, -0.2) is 17.4 Å². The van der Waals surface area contributed by atoms with E-state index in [-0.39, 0.29) is 16.3 Å². The summed E-state index contributed by atoms with van der Waals surface area (Å²) in [5.74, 6) is -1.60. The van der Waals surface area contributed by atoms with Crippen LogP contribution in [0.5, 0.6) is 5.75 Å². The molecule has 0 bridgehead atoms. The maximum Gasteiger partial charge on any atom is 0.573 e. The minimum absolute atomic E-state index is 0.0515. The molecule has 0 fully saturated rings. The van der Waals surface area contributed by atoms with Gasteiger partial charge in [-0.1, -0.05) is 35.9 Å². The fourth-order valence-electron chi connectivity index (χ4n) is 1.82. The largest absolute Gasteiger partial charge is 0.573 e. The van der Waals surface area contributed by atoms with Gasteiger partial charge in [0.1, 0.15) is 5.75 Å². The van der Waals surface area contributed by atoms with Crippen LogP contribution in [0, 0.1) is 0 Å². The summed E-state index contributed by atoms with van der Waals surface area (Å²) in [6.45, 7) is 0. The fourth-order valence-corrected chi connectivity index (χ4v) is 2.07. The van der Waals surface area contributed by atoms with Crippen LogP contribution < -0.4 is 4.74 Å². The molecule has 0 saturated heterocycles. The van der Waals surface area contributed by atoms with Crippen molar-refractivity contribution in [2.75, 3.05) is 0 Å². The van der Waals surface area contributed by atoms with E-state index >= 15 is 0 Å². The highest BCUT2D eigenvalue weighted by Crippen LogP contribution is 2.31. The van der Waals surface area contributed by atoms with Gasteiger partial charge in [-0.15, -0.1) is 13.2 Å². The molecule has 1 N–H and O–H groups in total. The summed E-state index contributed by atoms with van der Waals surface area (Å²) in [6.07, 6.45) is -4.77. The maximum atomic E-state index is 12.1. The van der Waals surface area contributed by atoms with E-state index in [9.17, 15) is 18.0 Å². The Hall–Kier alpha value is -2.21. The lowest BCUT2D eigenvalue weighted by atomic mass is 9.99. The number of carbonyl (C=O) groups is 1. The van der Waals surface area contributed by atoms with Crippen molar-refractivity contribution >= 4 is 17.6 Å². The van der Waals surface area contributed by atoms with Crippen molar-refractivity contribution in [2.45, 2.75) is 6.36 Å². The molecule has 2 aromatic carbocycles. The van der Waals surface area contributed by atoms with Crippen LogP contribution in [0.25, 0.3) is 11.1 Å². The monoisotopic (exact) mass is 316 g/mol. The number of aromatic carboxylic acids is 1. The van der Waals surface area contributed by atoms with Crippen LogP contribution in [0.1, 0.15) is 10.4 Å². The molecular weight excluding hydrogens is 309 g/mol. The summed E-state index contributed by atoms with van der Waals surface area (Å²) >= 11 is 5.84. The smallest absolute Gasteiger partial charge is 0.478 e. The van der Waals surface area contributed by atoms with Crippen LogP contribution in [0.2, 0.25) is 5.02 Å². The normalized spacial score (nSPS) is 11.2. The predicted octanol–water partition coefficient (Wildman–Crippen LogP) is 4.60. The molecule has 0 aromatic heterocycles. The van der Waals surface area contributed by atoms with Crippen molar-refractivity contribution in [1.29, 1.82) is 0 Å². The molecule has 0 aliphatic carbocycles. The second kappa shape index (κ2) is 5.65. The van der Waals surface area contributed by atoms with E-state index in [0.717, 1.165) is 12.1 Å². The average molecular weight is 317 g/mol. The lowest BCUT2D eigenvalue weighted by molar-refractivity contribution is -0.274. The molecule has 0 saturated carbocycles. The molecule has 0 amide bonds. The van der Waals surface area contributed by atoms with E-state index in [1.165, 1.54) is 24.3 Å². The highest BCUT2D eigenvalue weighted by Gasteiger charge is 2.31. The Labute approximate surface area is 122 Å². The highest BCUT2D eigenvalue weighted by atomic mass is 35.5. The van der Waals surface area contributed by atoms with Crippen LogP contribution in [0.4, 0.5) is 13.2 Å². The van der Waals surface area contributed by atoms with Crippen molar-refractivity contribution in [2.24, 2.45) is 0 Å². The van der Waals surface area contributed by atoms with Crippen molar-refractivity contribution in [3.63, 3.8) is 0 Å². The van der Waals surface area contributed by atoms with Crippen LogP contribution >= 0.6 is 11.6 Å². The molecule has 0 spiro atoms. The predicted molar refractivity (Wildman–Crippen MR) is 70.5 cm³/mol. The lowest BCUT2D eigenvalue weighted by Gasteiger charge is -2.11. The summed E-state index contributed by atoms with van der Waals surface area (Å²) < 4.78 is 40.0. The molecule has 0 radical (unpaired) electrons. The van der Waals surface area contributed by atoms with Crippen molar-refractivity contribution in [3.05, 3.63) is 53.1 Å². The van der Waals surface area contributed by atoms with Crippen molar-refractivity contribution < 1.29 is 27.8 Å². The zero-order chi connectivity index (χ0) is 15.6. The van der Waals surface area contributed by atoms with Gasteiger partial charge in [0.05, 0.1) is 10.6 Å². The molecule has 0 unspecified atom stereocenters. The second-order valence-corrected chi connectivity index (χ2v) is 4.45. The number of halogens is 4. The summed E-state index contributed by atoms with van der Waals surface area (Å²) in [6, 6.07) is 9.39. The molecule has 0 aliphatic heterocycles. The van der Waals surface area contributed by atoms with Gasteiger partial charge in [-0.25, -0.2) is 4.79 Å². The number of rotatable bonds is 3. The minimum atomic E-state index is -4.77. The Balaban J connectivity index is 2.40. The summed E-state index contributed by atoms with van der Waals surface area (Å²) in [4.78, 5) is 11.2. The van der Waals surface area contributed by atoms with Gasteiger partial charge in [0.2, 0.25) is 0 Å². The third-order valence-electron chi connectivity index (χ3n) is 2.63. The topological polar surface area (TPSA) is 46.5 Å². The molecule has 21 heavy (non-hydrogen) atoms. The quantitative estimate of drug-likeness (QED) is 0.900. The SMILES string of the molecule is O=C(O)c1c(Cl)cccc1-c1ccc(OC(F)(F)F)cc1. The van der Waals surface area contributed by atoms with Gasteiger partial charge in [-0.05, 0) is 29.3 Å². The Morgan fingerprint density at radius 2 is 1.71 bits per heavy atom. The molecule has 7 heteroatoms. The summed E-state index contributed by atoms with van der Waals surface area (Å²) in [5, 5.41) is 9.21. The first-order chi connectivity index (χ1) is 9.78. The summed E-state index contributed by atoms with van der Waals surface area (Å²) in [7, 11) is 0. The van der Waals surface area contributed by atoms with E-state index in [2.05, 4.69) is 4.74 Å². The Kier molecular flexibility index (Phi) is 4.09. The Morgan fingerprint density at radius 1 is 1.10 bits per heavy atom. The molecule has 0 heterocycles. The summed E-state index contributed by atoms with van der Waals surface area (Å²) in [5.41, 5.74) is 0.627. The number of benzene rings is 2. The standard InChI is InChI=1S/C14H8ClF3O3/c15-11-3-1-2-10(12(11)13(19)20)8-4-6-9(7-5-8)21-14(16,17)18/h1-7H,(H,19,20). The molecular formula is C14H8ClF3O3. The third kappa shape index (κ3) is 3.66. The van der Waals surface area contributed by atoms with Gasteiger partial charge in [-0.2, -0.15) is 0 Å². The molecule has 3 nitrogen and oxygen atoms in total. The van der Waals surface area contributed by atoms with Crippen LogP contribution in [0.15, 0.2) is 42.5 Å².